The smallest absolute Gasteiger partial charge is 0.314 e. The third-order valence-corrected chi connectivity index (χ3v) is 5.18. The third kappa shape index (κ3) is 4.23. The molecule has 1 aromatic heterocycles. The first-order valence-corrected chi connectivity index (χ1v) is 9.94. The predicted molar refractivity (Wildman–Crippen MR) is 113 cm³/mol. The second-order valence-corrected chi connectivity index (χ2v) is 7.33. The maximum absolute atomic E-state index is 12.4. The van der Waals surface area contributed by atoms with Gasteiger partial charge in [-0.05, 0) is 32.3 Å². The van der Waals surface area contributed by atoms with Gasteiger partial charge in [-0.25, -0.2) is 4.99 Å². The maximum atomic E-state index is 12.4. The molecule has 0 saturated heterocycles. The first kappa shape index (κ1) is 20.5. The summed E-state index contributed by atoms with van der Waals surface area (Å²) in [4.78, 5) is 45.6. The zero-order chi connectivity index (χ0) is 22.0. The molecule has 31 heavy (non-hydrogen) atoms. The number of methoxy groups -OCH3 is 1. The van der Waals surface area contributed by atoms with Crippen molar-refractivity contribution in [2.45, 2.75) is 32.7 Å². The van der Waals surface area contributed by atoms with Crippen LogP contribution < -0.4 is 15.4 Å². The van der Waals surface area contributed by atoms with Gasteiger partial charge in [-0.2, -0.15) is 14.8 Å². The number of hydrogen-bond donors (Lipinski definition) is 2. The Morgan fingerprint density at radius 1 is 1.23 bits per heavy atom. The fraction of sp³-hybridized carbons (Fsp3) is 0.333. The zero-order valence-electron chi connectivity index (χ0n) is 17.2. The Hall–Kier alpha value is -3.82. The van der Waals surface area contributed by atoms with Gasteiger partial charge in [0.1, 0.15) is 11.6 Å². The van der Waals surface area contributed by atoms with Crippen LogP contribution in [-0.4, -0.2) is 46.3 Å². The first-order chi connectivity index (χ1) is 15.0. The zero-order valence-corrected chi connectivity index (χ0v) is 17.2. The molecule has 1 aliphatic carbocycles. The van der Waals surface area contributed by atoms with E-state index in [1.807, 2.05) is 12.1 Å². The highest BCUT2D eigenvalue weighted by Gasteiger charge is 2.33. The van der Waals surface area contributed by atoms with E-state index in [1.165, 1.54) is 11.8 Å². The van der Waals surface area contributed by atoms with E-state index in [0.717, 1.165) is 30.5 Å². The topological polar surface area (TPSA) is 127 Å². The molecule has 2 aromatic rings. The first-order valence-electron chi connectivity index (χ1n) is 9.94. The number of hydrogen-bond acceptors (Lipinski definition) is 6. The van der Waals surface area contributed by atoms with E-state index in [2.05, 4.69) is 25.7 Å². The number of aryl methyl sites for hydroxylation is 1. The minimum atomic E-state index is -0.870. The Morgan fingerprint density at radius 3 is 2.84 bits per heavy atom. The minimum Gasteiger partial charge on any atom is -0.496 e. The molecule has 10 nitrogen and oxygen atoms in total. The maximum Gasteiger partial charge on any atom is 0.314 e. The van der Waals surface area contributed by atoms with Crippen molar-refractivity contribution in [1.29, 1.82) is 0 Å². The number of nitrogens with one attached hydrogen (secondary N) is 2. The van der Waals surface area contributed by atoms with Crippen LogP contribution in [0.25, 0.3) is 0 Å². The van der Waals surface area contributed by atoms with Gasteiger partial charge in [-0.3, -0.25) is 14.4 Å². The van der Waals surface area contributed by atoms with Crippen molar-refractivity contribution in [3.05, 3.63) is 41.6 Å². The molecule has 1 fully saturated rings. The van der Waals surface area contributed by atoms with Gasteiger partial charge in [0.25, 0.3) is 11.9 Å². The highest BCUT2D eigenvalue weighted by Crippen LogP contribution is 2.27. The van der Waals surface area contributed by atoms with Crippen molar-refractivity contribution >= 4 is 35.2 Å². The third-order valence-electron chi connectivity index (χ3n) is 5.18. The second-order valence-electron chi connectivity index (χ2n) is 7.33. The van der Waals surface area contributed by atoms with Crippen LogP contribution >= 0.6 is 0 Å². The van der Waals surface area contributed by atoms with E-state index in [9.17, 15) is 14.4 Å². The summed E-state index contributed by atoms with van der Waals surface area (Å²) in [7, 11) is 1.53. The molecule has 3 amide bonds. The van der Waals surface area contributed by atoms with E-state index in [0.29, 0.717) is 11.4 Å². The summed E-state index contributed by atoms with van der Waals surface area (Å²) < 4.78 is 6.52. The molecule has 10 heteroatoms. The van der Waals surface area contributed by atoms with Gasteiger partial charge in [0.2, 0.25) is 0 Å². The number of aromatic nitrogens is 2. The fourth-order valence-corrected chi connectivity index (χ4v) is 3.67. The molecule has 1 saturated carbocycles. The molecule has 1 aliphatic heterocycles. The van der Waals surface area contributed by atoms with Crippen molar-refractivity contribution in [2.75, 3.05) is 12.4 Å². The van der Waals surface area contributed by atoms with Crippen LogP contribution in [0.5, 0.6) is 5.75 Å². The van der Waals surface area contributed by atoms with Gasteiger partial charge in [-0.1, -0.05) is 18.2 Å². The molecule has 4 rings (SSSR count). The van der Waals surface area contributed by atoms with Gasteiger partial charge in [0.15, 0.2) is 0 Å². The van der Waals surface area contributed by atoms with Crippen LogP contribution in [0.3, 0.4) is 0 Å². The molecule has 2 aliphatic rings. The van der Waals surface area contributed by atoms with Gasteiger partial charge in [0, 0.05) is 23.9 Å². The summed E-state index contributed by atoms with van der Waals surface area (Å²) in [6.07, 6.45) is 2.39. The molecule has 1 aromatic carbocycles. The predicted octanol–water partition coefficient (Wildman–Crippen LogP) is 1.44. The number of benzene rings is 1. The molecule has 1 atom stereocenters. The lowest BCUT2D eigenvalue weighted by atomic mass is 10.1. The van der Waals surface area contributed by atoms with Gasteiger partial charge >= 0.3 is 11.8 Å². The molecule has 1 unspecified atom stereocenters. The number of para-hydroxylation sites is 1. The van der Waals surface area contributed by atoms with Crippen LogP contribution in [0.4, 0.5) is 5.82 Å². The lowest BCUT2D eigenvalue weighted by Gasteiger charge is -2.15. The quantitative estimate of drug-likeness (QED) is 0.721. The Labute approximate surface area is 178 Å². The summed E-state index contributed by atoms with van der Waals surface area (Å²) >= 11 is 0. The van der Waals surface area contributed by atoms with E-state index in [4.69, 9.17) is 4.74 Å². The molecule has 2 heterocycles. The molecular weight excluding hydrogens is 400 g/mol. The van der Waals surface area contributed by atoms with Crippen LogP contribution in [0.15, 0.2) is 40.3 Å². The van der Waals surface area contributed by atoms with Crippen LogP contribution in [0.1, 0.15) is 30.5 Å². The Morgan fingerprint density at radius 2 is 2.03 bits per heavy atom. The monoisotopic (exact) mass is 422 g/mol. The SMILES string of the molecule is COc1ccccc1CNC(=O)C(=O)Nc1cc(C)nn1C1=NC(=O)C2CCCC2=N1. The molecular formula is C21H22N6O4. The van der Waals surface area contributed by atoms with Crippen molar-refractivity contribution in [2.24, 2.45) is 15.9 Å². The molecule has 0 radical (unpaired) electrons. The number of rotatable bonds is 4. The standard InChI is InChI=1S/C21H22N6O4/c1-12-10-17(27(26-12)21-23-15-8-5-7-14(15)18(28)25-21)24-20(30)19(29)22-11-13-6-3-4-9-16(13)31-2/h3-4,6,9-10,14H,5,7-8,11H2,1-2H3,(H,22,29)(H,24,30). The van der Waals surface area contributed by atoms with E-state index in [1.54, 1.807) is 25.1 Å². The second kappa shape index (κ2) is 8.50. The largest absolute Gasteiger partial charge is 0.496 e. The summed E-state index contributed by atoms with van der Waals surface area (Å²) in [6, 6.07) is 8.78. The fourth-order valence-electron chi connectivity index (χ4n) is 3.67. The lowest BCUT2D eigenvalue weighted by molar-refractivity contribution is -0.136. The van der Waals surface area contributed by atoms with E-state index < -0.39 is 11.8 Å². The van der Waals surface area contributed by atoms with Crippen LogP contribution in [0.2, 0.25) is 0 Å². The van der Waals surface area contributed by atoms with Crippen molar-refractivity contribution in [1.82, 2.24) is 15.1 Å². The van der Waals surface area contributed by atoms with Gasteiger partial charge in [0.05, 0.1) is 18.7 Å². The van der Waals surface area contributed by atoms with Crippen LogP contribution in [0, 0.1) is 12.8 Å². The average molecular weight is 422 g/mol. The highest BCUT2D eigenvalue weighted by molar-refractivity contribution is 6.39. The van der Waals surface area contributed by atoms with Gasteiger partial charge in [-0.15, -0.1) is 0 Å². The van der Waals surface area contributed by atoms with Crippen molar-refractivity contribution in [3.8, 4) is 5.75 Å². The normalized spacial score (nSPS) is 17.5. The molecule has 0 bridgehead atoms. The highest BCUT2D eigenvalue weighted by atomic mass is 16.5. The molecule has 2 N–H and O–H groups in total. The Kier molecular flexibility index (Phi) is 5.61. The Bertz CT molecular complexity index is 1120. The number of carbonyl (C=O) groups excluding carboxylic acids is 3. The lowest BCUT2D eigenvalue weighted by Crippen LogP contribution is -2.36. The number of nitrogens with zero attached hydrogens (tertiary/aromatic N) is 4. The summed E-state index contributed by atoms with van der Waals surface area (Å²) in [5.74, 6) is -1.28. The molecule has 0 spiro atoms. The molecule has 160 valence electrons. The van der Waals surface area contributed by atoms with E-state index in [-0.39, 0.29) is 30.1 Å². The van der Waals surface area contributed by atoms with Gasteiger partial charge < -0.3 is 15.4 Å². The van der Waals surface area contributed by atoms with Crippen molar-refractivity contribution in [3.63, 3.8) is 0 Å². The minimum absolute atomic E-state index is 0.0935. The number of aliphatic imine (C=N–C) groups is 2. The number of anilines is 1. The summed E-state index contributed by atoms with van der Waals surface area (Å²) in [5.41, 5.74) is 2.10. The number of fused-ring (bicyclic) bond motifs is 1. The van der Waals surface area contributed by atoms with Crippen LogP contribution in [-0.2, 0) is 20.9 Å². The summed E-state index contributed by atoms with van der Waals surface area (Å²) in [5, 5.41) is 9.36. The number of carbonyl (C=O) groups is 3. The summed E-state index contributed by atoms with van der Waals surface area (Å²) in [6.45, 7) is 1.86. The Balaban J connectivity index is 1.47. The number of ether oxygens (including phenoxy) is 1. The average Bonchev–Trinajstić information content (AvgIpc) is 3.38. The number of amides is 3. The van der Waals surface area contributed by atoms with E-state index >= 15 is 0 Å². The van der Waals surface area contributed by atoms with Crippen molar-refractivity contribution < 1.29 is 19.1 Å².